The molecule has 0 aromatic heterocycles. The van der Waals surface area contributed by atoms with Crippen molar-refractivity contribution < 1.29 is 9.90 Å². The monoisotopic (exact) mass is 270 g/mol. The zero-order valence-corrected chi connectivity index (χ0v) is 12.5. The molecule has 0 spiro atoms. The van der Waals surface area contributed by atoms with Gasteiger partial charge in [-0.3, -0.25) is 9.69 Å². The Kier molecular flexibility index (Phi) is 12.9. The molecule has 0 aromatic rings. The summed E-state index contributed by atoms with van der Waals surface area (Å²) in [7, 11) is 2.02. The first-order valence-corrected chi connectivity index (χ1v) is 7.44. The molecule has 0 rings (SSSR count). The fourth-order valence-electron chi connectivity index (χ4n) is 1.78. The lowest BCUT2D eigenvalue weighted by Gasteiger charge is -2.16. The van der Waals surface area contributed by atoms with Gasteiger partial charge in [0.05, 0.1) is 6.67 Å². The highest BCUT2D eigenvalue weighted by atomic mass is 16.2. The Labute approximate surface area is 117 Å². The van der Waals surface area contributed by atoms with E-state index in [9.17, 15) is 4.79 Å². The number of amides is 1. The van der Waals surface area contributed by atoms with E-state index in [1.54, 1.807) is 6.08 Å². The van der Waals surface area contributed by atoms with Crippen molar-refractivity contribution in [3.05, 3.63) is 12.2 Å². The van der Waals surface area contributed by atoms with Crippen molar-refractivity contribution in [2.24, 2.45) is 0 Å². The van der Waals surface area contributed by atoms with E-state index in [0.29, 0.717) is 13.3 Å². The maximum Gasteiger partial charge on any atom is 0.244 e. The summed E-state index contributed by atoms with van der Waals surface area (Å²) in [6.07, 6.45) is 11.2. The molecule has 2 N–H and O–H groups in total. The van der Waals surface area contributed by atoms with Gasteiger partial charge in [0.25, 0.3) is 0 Å². The van der Waals surface area contributed by atoms with Crippen LogP contribution in [0.25, 0.3) is 0 Å². The van der Waals surface area contributed by atoms with Gasteiger partial charge in [-0.1, -0.05) is 38.7 Å². The van der Waals surface area contributed by atoms with Gasteiger partial charge in [0.1, 0.15) is 0 Å². The number of allylic oxidation sites excluding steroid dienone is 1. The molecule has 0 aromatic carbocycles. The molecule has 0 radical (unpaired) electrons. The van der Waals surface area contributed by atoms with Gasteiger partial charge in [-0.05, 0) is 38.9 Å². The van der Waals surface area contributed by atoms with E-state index in [1.165, 1.54) is 19.3 Å². The minimum absolute atomic E-state index is 0.0160. The number of aliphatic hydroxyl groups is 1. The van der Waals surface area contributed by atoms with Gasteiger partial charge >= 0.3 is 0 Å². The molecular weight excluding hydrogens is 240 g/mol. The fraction of sp³-hybridized carbons (Fsp3) is 0.800. The van der Waals surface area contributed by atoms with Crippen LogP contribution >= 0.6 is 0 Å². The quantitative estimate of drug-likeness (QED) is 0.325. The maximum absolute atomic E-state index is 11.3. The summed E-state index contributed by atoms with van der Waals surface area (Å²) in [5, 5.41) is 11.5. The Balaban J connectivity index is 3.36. The standard InChI is InChI=1S/C15H30N2O2/c1-3-4-11-15(19)16-14-17(2)12-9-7-5-6-8-10-13-18/h4,11,18H,3,5-10,12-14H2,1-2H3,(H,16,19)/b11-4+. The largest absolute Gasteiger partial charge is 0.396 e. The molecule has 0 aliphatic rings. The van der Waals surface area contributed by atoms with Crippen molar-refractivity contribution in [3.8, 4) is 0 Å². The van der Waals surface area contributed by atoms with Crippen molar-refractivity contribution >= 4 is 5.91 Å². The summed E-state index contributed by atoms with van der Waals surface area (Å²) in [5.74, 6) is -0.0160. The molecule has 0 bridgehead atoms. The summed E-state index contributed by atoms with van der Waals surface area (Å²) in [6, 6.07) is 0. The Bertz CT molecular complexity index is 242. The normalized spacial score (nSPS) is 11.4. The molecular formula is C15H30N2O2. The number of nitrogens with zero attached hydrogens (tertiary/aromatic N) is 1. The van der Waals surface area contributed by atoms with Crippen molar-refractivity contribution in [2.45, 2.75) is 51.9 Å². The number of hydrogen-bond donors (Lipinski definition) is 2. The number of carbonyl (C=O) groups is 1. The van der Waals surface area contributed by atoms with Crippen LogP contribution in [0.4, 0.5) is 0 Å². The number of aliphatic hydroxyl groups excluding tert-OH is 1. The van der Waals surface area contributed by atoms with Crippen LogP contribution in [0.1, 0.15) is 51.9 Å². The predicted molar refractivity (Wildman–Crippen MR) is 79.9 cm³/mol. The molecule has 0 heterocycles. The highest BCUT2D eigenvalue weighted by Gasteiger charge is 2.00. The Hall–Kier alpha value is -0.870. The molecule has 112 valence electrons. The van der Waals surface area contributed by atoms with Crippen LogP contribution < -0.4 is 5.32 Å². The second-order valence-electron chi connectivity index (χ2n) is 4.93. The van der Waals surface area contributed by atoms with Gasteiger partial charge in [-0.15, -0.1) is 0 Å². The number of rotatable bonds is 12. The SMILES string of the molecule is CC/C=C/C(=O)NCN(C)CCCCCCCCO. The molecule has 0 fully saturated rings. The van der Waals surface area contributed by atoms with Crippen LogP contribution in [-0.2, 0) is 4.79 Å². The molecule has 1 amide bonds. The highest BCUT2D eigenvalue weighted by molar-refractivity contribution is 5.87. The first-order chi connectivity index (χ1) is 9.20. The molecule has 0 aliphatic carbocycles. The average Bonchev–Trinajstić information content (AvgIpc) is 2.41. The third-order valence-electron chi connectivity index (χ3n) is 2.98. The first kappa shape index (κ1) is 18.1. The van der Waals surface area contributed by atoms with Gasteiger partial charge in [-0.25, -0.2) is 0 Å². The van der Waals surface area contributed by atoms with Gasteiger partial charge in [0, 0.05) is 6.61 Å². The predicted octanol–water partition coefficient (Wildman–Crippen LogP) is 2.29. The second-order valence-corrected chi connectivity index (χ2v) is 4.93. The summed E-state index contributed by atoms with van der Waals surface area (Å²) >= 11 is 0. The summed E-state index contributed by atoms with van der Waals surface area (Å²) < 4.78 is 0. The molecule has 0 saturated carbocycles. The number of hydrogen-bond acceptors (Lipinski definition) is 3. The van der Waals surface area contributed by atoms with Crippen LogP contribution in [0, 0.1) is 0 Å². The van der Waals surface area contributed by atoms with Crippen molar-refractivity contribution in [2.75, 3.05) is 26.9 Å². The molecule has 0 aliphatic heterocycles. The van der Waals surface area contributed by atoms with E-state index >= 15 is 0 Å². The topological polar surface area (TPSA) is 52.6 Å². The minimum Gasteiger partial charge on any atom is -0.396 e. The lowest BCUT2D eigenvalue weighted by Crippen LogP contribution is -2.34. The lowest BCUT2D eigenvalue weighted by atomic mass is 10.1. The molecule has 4 nitrogen and oxygen atoms in total. The van der Waals surface area contributed by atoms with Crippen LogP contribution in [0.2, 0.25) is 0 Å². The van der Waals surface area contributed by atoms with E-state index in [4.69, 9.17) is 5.11 Å². The van der Waals surface area contributed by atoms with E-state index in [0.717, 1.165) is 32.2 Å². The van der Waals surface area contributed by atoms with Crippen molar-refractivity contribution in [1.82, 2.24) is 10.2 Å². The molecule has 0 atom stereocenters. The smallest absolute Gasteiger partial charge is 0.244 e. The third kappa shape index (κ3) is 13.4. The number of unbranched alkanes of at least 4 members (excludes halogenated alkanes) is 5. The van der Waals surface area contributed by atoms with Gasteiger partial charge in [0.2, 0.25) is 5.91 Å². The van der Waals surface area contributed by atoms with Crippen LogP contribution in [0.5, 0.6) is 0 Å². The van der Waals surface area contributed by atoms with Crippen LogP contribution in [0.3, 0.4) is 0 Å². The first-order valence-electron chi connectivity index (χ1n) is 7.44. The van der Waals surface area contributed by atoms with Crippen molar-refractivity contribution in [3.63, 3.8) is 0 Å². The van der Waals surface area contributed by atoms with E-state index in [-0.39, 0.29) is 5.91 Å². The van der Waals surface area contributed by atoms with Crippen molar-refractivity contribution in [1.29, 1.82) is 0 Å². The maximum atomic E-state index is 11.3. The van der Waals surface area contributed by atoms with Gasteiger partial charge < -0.3 is 10.4 Å². The Morgan fingerprint density at radius 1 is 1.16 bits per heavy atom. The zero-order chi connectivity index (χ0) is 14.3. The van der Waals surface area contributed by atoms with E-state index in [2.05, 4.69) is 10.2 Å². The number of nitrogens with one attached hydrogen (secondary N) is 1. The van der Waals surface area contributed by atoms with Gasteiger partial charge in [-0.2, -0.15) is 0 Å². The molecule has 4 heteroatoms. The summed E-state index contributed by atoms with van der Waals surface area (Å²) in [5.41, 5.74) is 0. The Morgan fingerprint density at radius 2 is 1.79 bits per heavy atom. The van der Waals surface area contributed by atoms with Crippen LogP contribution in [-0.4, -0.2) is 42.8 Å². The molecule has 0 saturated heterocycles. The highest BCUT2D eigenvalue weighted by Crippen LogP contribution is 2.05. The number of carbonyl (C=O) groups excluding carboxylic acids is 1. The average molecular weight is 270 g/mol. The van der Waals surface area contributed by atoms with E-state index < -0.39 is 0 Å². The molecule has 0 unspecified atom stereocenters. The van der Waals surface area contributed by atoms with Crippen LogP contribution in [0.15, 0.2) is 12.2 Å². The second kappa shape index (κ2) is 13.6. The zero-order valence-electron chi connectivity index (χ0n) is 12.5. The summed E-state index contributed by atoms with van der Waals surface area (Å²) in [6.45, 7) is 3.94. The minimum atomic E-state index is -0.0160. The fourth-order valence-corrected chi connectivity index (χ4v) is 1.78. The Morgan fingerprint density at radius 3 is 2.42 bits per heavy atom. The summed E-state index contributed by atoms with van der Waals surface area (Å²) in [4.78, 5) is 13.5. The molecule has 19 heavy (non-hydrogen) atoms. The lowest BCUT2D eigenvalue weighted by molar-refractivity contribution is -0.117. The van der Waals surface area contributed by atoms with E-state index in [1.807, 2.05) is 20.0 Å². The third-order valence-corrected chi connectivity index (χ3v) is 2.98. The van der Waals surface area contributed by atoms with Gasteiger partial charge in [0.15, 0.2) is 0 Å².